The monoisotopic (exact) mass is 278 g/mol. The second-order valence-corrected chi connectivity index (χ2v) is 8.04. The Labute approximate surface area is 125 Å². The molecule has 1 aliphatic heterocycles. The lowest BCUT2D eigenvalue weighted by Gasteiger charge is -2.51. The molecule has 0 aromatic carbocycles. The molecule has 5 atom stereocenters. The van der Waals surface area contributed by atoms with Crippen LogP contribution in [0, 0.1) is 17.8 Å². The summed E-state index contributed by atoms with van der Waals surface area (Å²) in [6.07, 6.45) is 12.7. The van der Waals surface area contributed by atoms with Gasteiger partial charge in [-0.3, -0.25) is 4.90 Å². The van der Waals surface area contributed by atoms with Gasteiger partial charge in [-0.05, 0) is 69.2 Å². The second-order valence-electron chi connectivity index (χ2n) is 8.04. The Hall–Kier alpha value is -0.0800. The van der Waals surface area contributed by atoms with E-state index in [4.69, 9.17) is 5.73 Å². The maximum Gasteiger partial charge on any atom is 0.0252 e. The van der Waals surface area contributed by atoms with Crippen molar-refractivity contribution in [2.45, 2.75) is 89.8 Å². The van der Waals surface area contributed by atoms with E-state index >= 15 is 0 Å². The second kappa shape index (κ2) is 6.36. The summed E-state index contributed by atoms with van der Waals surface area (Å²) in [6.45, 7) is 6.13. The molecule has 3 fully saturated rings. The molecule has 2 nitrogen and oxygen atoms in total. The third-order valence-corrected chi connectivity index (χ3v) is 6.56. The summed E-state index contributed by atoms with van der Waals surface area (Å²) in [5.74, 6) is 2.73. The van der Waals surface area contributed by atoms with Gasteiger partial charge < -0.3 is 5.73 Å². The van der Waals surface area contributed by atoms with E-state index in [-0.39, 0.29) is 0 Å². The van der Waals surface area contributed by atoms with E-state index < -0.39 is 0 Å². The number of fused-ring (bicyclic) bond motifs is 1. The van der Waals surface area contributed by atoms with Gasteiger partial charge in [0, 0.05) is 18.1 Å². The molecule has 2 saturated carbocycles. The summed E-state index contributed by atoms with van der Waals surface area (Å²) in [5, 5.41) is 0. The highest BCUT2D eigenvalue weighted by molar-refractivity contribution is 4.97. The van der Waals surface area contributed by atoms with Gasteiger partial charge in [0.25, 0.3) is 0 Å². The van der Waals surface area contributed by atoms with E-state index in [0.717, 1.165) is 23.8 Å². The fourth-order valence-electron chi connectivity index (χ4n) is 5.26. The Morgan fingerprint density at radius 3 is 2.45 bits per heavy atom. The van der Waals surface area contributed by atoms with Gasteiger partial charge in [0.15, 0.2) is 0 Å². The van der Waals surface area contributed by atoms with Crippen molar-refractivity contribution in [3.63, 3.8) is 0 Å². The van der Waals surface area contributed by atoms with Crippen molar-refractivity contribution in [2.75, 3.05) is 6.54 Å². The molecule has 20 heavy (non-hydrogen) atoms. The molecule has 5 unspecified atom stereocenters. The average molecular weight is 278 g/mol. The molecule has 2 aliphatic carbocycles. The van der Waals surface area contributed by atoms with Crippen LogP contribution < -0.4 is 5.73 Å². The zero-order valence-corrected chi connectivity index (χ0v) is 13.6. The molecule has 1 heterocycles. The Bertz CT molecular complexity index is 313. The Kier molecular flexibility index (Phi) is 4.72. The maximum absolute atomic E-state index is 6.55. The molecule has 0 aromatic heterocycles. The molecule has 0 radical (unpaired) electrons. The van der Waals surface area contributed by atoms with Crippen LogP contribution in [0.1, 0.15) is 71.6 Å². The summed E-state index contributed by atoms with van der Waals surface area (Å²) in [4.78, 5) is 2.88. The maximum atomic E-state index is 6.55. The predicted octanol–water partition coefficient (Wildman–Crippen LogP) is 3.79. The first-order valence-electron chi connectivity index (χ1n) is 9.18. The van der Waals surface area contributed by atoms with Crippen LogP contribution in [0.5, 0.6) is 0 Å². The number of piperidine rings is 1. The predicted molar refractivity (Wildman–Crippen MR) is 85.6 cm³/mol. The zero-order valence-electron chi connectivity index (χ0n) is 13.6. The first-order valence-corrected chi connectivity index (χ1v) is 9.18. The van der Waals surface area contributed by atoms with Crippen molar-refractivity contribution in [1.82, 2.24) is 4.90 Å². The van der Waals surface area contributed by atoms with E-state index in [0.29, 0.717) is 12.1 Å². The van der Waals surface area contributed by atoms with Gasteiger partial charge in [0.1, 0.15) is 0 Å². The molecule has 3 rings (SSSR count). The standard InChI is InChI=1S/C18H34N2/c1-13(2)15-9-10-16(19)18(12-15)20-11-5-7-14-6-3-4-8-17(14)20/h13-18H,3-12,19H2,1-2H3. The molecule has 116 valence electrons. The smallest absolute Gasteiger partial charge is 0.0252 e. The minimum atomic E-state index is 0.436. The largest absolute Gasteiger partial charge is 0.326 e. The molecule has 0 bridgehead atoms. The zero-order chi connectivity index (χ0) is 14.1. The lowest BCUT2D eigenvalue weighted by molar-refractivity contribution is -0.00694. The quantitative estimate of drug-likeness (QED) is 0.832. The highest BCUT2D eigenvalue weighted by Crippen LogP contribution is 2.40. The lowest BCUT2D eigenvalue weighted by Crippen LogP contribution is -2.59. The molecule has 0 amide bonds. The van der Waals surface area contributed by atoms with Gasteiger partial charge in [-0.1, -0.05) is 26.7 Å². The van der Waals surface area contributed by atoms with Crippen LogP contribution in [-0.4, -0.2) is 29.6 Å². The fraction of sp³-hybridized carbons (Fsp3) is 1.00. The normalized spacial score (nSPS) is 43.5. The molecule has 0 aromatic rings. The molecule has 2 heteroatoms. The molecule has 2 N–H and O–H groups in total. The van der Waals surface area contributed by atoms with E-state index in [1.54, 1.807) is 0 Å². The number of likely N-dealkylation sites (tertiary alicyclic amines) is 1. The summed E-state index contributed by atoms with van der Waals surface area (Å²) in [6, 6.07) is 1.99. The summed E-state index contributed by atoms with van der Waals surface area (Å²) in [7, 11) is 0. The first-order chi connectivity index (χ1) is 9.66. The first kappa shape index (κ1) is 14.8. The average Bonchev–Trinajstić information content (AvgIpc) is 2.47. The van der Waals surface area contributed by atoms with Gasteiger partial charge in [-0.2, -0.15) is 0 Å². The van der Waals surface area contributed by atoms with Crippen molar-refractivity contribution in [3.05, 3.63) is 0 Å². The van der Waals surface area contributed by atoms with Crippen molar-refractivity contribution < 1.29 is 0 Å². The summed E-state index contributed by atoms with van der Waals surface area (Å²) in [5.41, 5.74) is 6.55. The Morgan fingerprint density at radius 1 is 0.900 bits per heavy atom. The molecule has 1 saturated heterocycles. The van der Waals surface area contributed by atoms with Crippen LogP contribution in [0.2, 0.25) is 0 Å². The van der Waals surface area contributed by atoms with Crippen molar-refractivity contribution in [3.8, 4) is 0 Å². The number of nitrogens with zero attached hydrogens (tertiary/aromatic N) is 1. The summed E-state index contributed by atoms with van der Waals surface area (Å²) >= 11 is 0. The number of rotatable bonds is 2. The number of hydrogen-bond donors (Lipinski definition) is 1. The van der Waals surface area contributed by atoms with Crippen LogP contribution in [-0.2, 0) is 0 Å². The van der Waals surface area contributed by atoms with E-state index in [1.165, 1.54) is 64.3 Å². The van der Waals surface area contributed by atoms with Gasteiger partial charge in [0.2, 0.25) is 0 Å². The number of hydrogen-bond acceptors (Lipinski definition) is 2. The van der Waals surface area contributed by atoms with Crippen molar-refractivity contribution in [2.24, 2.45) is 23.5 Å². The molecule has 0 spiro atoms. The van der Waals surface area contributed by atoms with Crippen LogP contribution in [0.25, 0.3) is 0 Å². The highest BCUT2D eigenvalue weighted by atomic mass is 15.2. The van der Waals surface area contributed by atoms with Gasteiger partial charge in [-0.15, -0.1) is 0 Å². The van der Waals surface area contributed by atoms with Crippen molar-refractivity contribution >= 4 is 0 Å². The van der Waals surface area contributed by atoms with Crippen LogP contribution in [0.15, 0.2) is 0 Å². The van der Waals surface area contributed by atoms with Crippen molar-refractivity contribution in [1.29, 1.82) is 0 Å². The minimum absolute atomic E-state index is 0.436. The molecular weight excluding hydrogens is 244 g/mol. The topological polar surface area (TPSA) is 29.3 Å². The lowest BCUT2D eigenvalue weighted by atomic mass is 9.73. The van der Waals surface area contributed by atoms with Crippen LogP contribution in [0.3, 0.4) is 0 Å². The molecule has 3 aliphatic rings. The van der Waals surface area contributed by atoms with Gasteiger partial charge in [0.05, 0.1) is 0 Å². The Balaban J connectivity index is 1.71. The Morgan fingerprint density at radius 2 is 1.65 bits per heavy atom. The van der Waals surface area contributed by atoms with Crippen LogP contribution in [0.4, 0.5) is 0 Å². The van der Waals surface area contributed by atoms with E-state index in [2.05, 4.69) is 18.7 Å². The third-order valence-electron chi connectivity index (χ3n) is 6.56. The van der Waals surface area contributed by atoms with E-state index in [1.807, 2.05) is 0 Å². The SMILES string of the molecule is CC(C)C1CCC(N)C(N2CCCC3CCCCC32)C1. The van der Waals surface area contributed by atoms with Crippen LogP contribution >= 0.6 is 0 Å². The van der Waals surface area contributed by atoms with Gasteiger partial charge >= 0.3 is 0 Å². The highest BCUT2D eigenvalue weighted by Gasteiger charge is 2.41. The third kappa shape index (κ3) is 2.92. The summed E-state index contributed by atoms with van der Waals surface area (Å²) < 4.78 is 0. The van der Waals surface area contributed by atoms with Gasteiger partial charge in [-0.25, -0.2) is 0 Å². The molecular formula is C18H34N2. The number of nitrogens with two attached hydrogens (primary N) is 1. The minimum Gasteiger partial charge on any atom is -0.326 e. The van der Waals surface area contributed by atoms with E-state index in [9.17, 15) is 0 Å². The fourth-order valence-corrected chi connectivity index (χ4v) is 5.26.